The summed E-state index contributed by atoms with van der Waals surface area (Å²) in [5.41, 5.74) is 7.07. The van der Waals surface area contributed by atoms with Crippen LogP contribution in [-0.4, -0.2) is 43.1 Å². The van der Waals surface area contributed by atoms with Crippen molar-refractivity contribution in [3.8, 4) is 0 Å². The molecule has 4 rings (SSSR count). The molecule has 7 heteroatoms. The van der Waals surface area contributed by atoms with Crippen LogP contribution in [0.5, 0.6) is 0 Å². The van der Waals surface area contributed by atoms with Gasteiger partial charge in [-0.25, -0.2) is 8.78 Å². The second-order valence-corrected chi connectivity index (χ2v) is 13.5. The first-order valence-electron chi connectivity index (χ1n) is 17.9. The Bertz CT molecular complexity index is 1640. The smallest absolute Gasteiger partial charge is 0.159 e. The number of hydrogen-bond donors (Lipinski definition) is 2. The Morgan fingerprint density at radius 3 is 2.34 bits per heavy atom. The second kappa shape index (κ2) is 17.5. The molecule has 2 aromatic carbocycles. The van der Waals surface area contributed by atoms with E-state index in [0.717, 1.165) is 80.8 Å². The molecule has 1 atom stereocenters. The molecule has 1 saturated heterocycles. The van der Waals surface area contributed by atoms with Crippen LogP contribution in [0, 0.1) is 11.6 Å². The molecule has 2 N–H and O–H groups in total. The number of benzene rings is 2. The highest BCUT2D eigenvalue weighted by Crippen LogP contribution is 2.45. The highest BCUT2D eigenvalue weighted by atomic mass is 19.2. The number of methoxy groups -OCH3 is 1. The molecule has 268 valence electrons. The van der Waals surface area contributed by atoms with Crippen LogP contribution in [-0.2, 0) is 10.2 Å². The molecule has 5 nitrogen and oxygen atoms in total. The Hall–Kier alpha value is -4.36. The zero-order valence-electron chi connectivity index (χ0n) is 30.8. The highest BCUT2D eigenvalue weighted by Gasteiger charge is 2.40. The highest BCUT2D eigenvalue weighted by molar-refractivity contribution is 5.48. The van der Waals surface area contributed by atoms with Gasteiger partial charge in [-0.2, -0.15) is 0 Å². The summed E-state index contributed by atoms with van der Waals surface area (Å²) in [6, 6.07) is 14.4. The summed E-state index contributed by atoms with van der Waals surface area (Å²) < 4.78 is 34.6. The third kappa shape index (κ3) is 8.50. The molecule has 0 bridgehead atoms. The molecule has 0 radical (unpaired) electrons. The van der Waals surface area contributed by atoms with Gasteiger partial charge in [0.15, 0.2) is 11.6 Å². The van der Waals surface area contributed by atoms with Gasteiger partial charge in [0.1, 0.15) is 17.4 Å². The zero-order chi connectivity index (χ0) is 36.4. The Morgan fingerprint density at radius 1 is 1.06 bits per heavy atom. The van der Waals surface area contributed by atoms with E-state index in [9.17, 15) is 8.78 Å². The van der Waals surface area contributed by atoms with Gasteiger partial charge < -0.3 is 25.2 Å². The fourth-order valence-corrected chi connectivity index (χ4v) is 7.40. The molecule has 0 aromatic heterocycles. The minimum Gasteiger partial charge on any atom is -0.496 e. The van der Waals surface area contributed by atoms with Gasteiger partial charge in [-0.1, -0.05) is 94.6 Å². The van der Waals surface area contributed by atoms with Crippen LogP contribution in [0.2, 0.25) is 0 Å². The summed E-state index contributed by atoms with van der Waals surface area (Å²) in [5.74, 6) is 0.346. The average molecular weight is 683 g/mol. The van der Waals surface area contributed by atoms with Gasteiger partial charge in [-0.05, 0) is 100 Å². The largest absolute Gasteiger partial charge is 0.496 e. The lowest BCUT2D eigenvalue weighted by Crippen LogP contribution is -2.45. The number of allylic oxidation sites excluding steroid dienone is 5. The second-order valence-electron chi connectivity index (χ2n) is 13.5. The van der Waals surface area contributed by atoms with Crippen molar-refractivity contribution in [2.75, 3.05) is 33.3 Å². The topological polar surface area (TPSA) is 39.8 Å². The number of halogens is 2. The summed E-state index contributed by atoms with van der Waals surface area (Å²) in [4.78, 5) is 4.49. The molecular formula is C43H56F2N4O. The first-order chi connectivity index (χ1) is 24.0. The molecule has 0 spiro atoms. The molecule has 2 heterocycles. The first kappa shape index (κ1) is 38.4. The van der Waals surface area contributed by atoms with Gasteiger partial charge >= 0.3 is 0 Å². The van der Waals surface area contributed by atoms with E-state index in [1.165, 1.54) is 28.8 Å². The van der Waals surface area contributed by atoms with Crippen molar-refractivity contribution in [1.82, 2.24) is 20.4 Å². The SMILES string of the molecule is C=C/C(OC)=C(\C=C(C)C)C1(c2ccccc2)CCN(CCCNC(=C)N2C(=C)NC(CCC)=C(C(=C)CC)C2c2ccc(F)c(F)c2)CC1. The Kier molecular flexibility index (Phi) is 13.5. The first-order valence-corrected chi connectivity index (χ1v) is 17.9. The zero-order valence-corrected chi connectivity index (χ0v) is 30.8. The molecule has 2 aromatic rings. The van der Waals surface area contributed by atoms with E-state index < -0.39 is 17.7 Å². The van der Waals surface area contributed by atoms with E-state index in [0.29, 0.717) is 23.8 Å². The standard InChI is InChI=1S/C43H56F2N4O/c1-10-17-39-41(31(6)11-2)42(34-20-21-37(44)38(45)29-34)49(33(8)47-39)32(7)46-24-16-25-48-26-22-43(23-27-48,35-18-14-13-15-19-35)36(28-30(4)5)40(12-3)50-9/h12-15,18-21,28-29,42,46-47H,3,6-8,10-11,16-17,22-27H2,1-2,4-5,9H3/b40-36-. The van der Waals surface area contributed by atoms with E-state index in [1.807, 2.05) is 11.0 Å². The maximum absolute atomic E-state index is 14.6. The van der Waals surface area contributed by atoms with Crippen molar-refractivity contribution in [2.45, 2.75) is 77.7 Å². The molecule has 1 fully saturated rings. The normalized spacial score (nSPS) is 18.2. The molecule has 0 saturated carbocycles. The fraction of sp³-hybridized carbons (Fsp3) is 0.395. The number of nitrogens with one attached hydrogen (secondary N) is 2. The van der Waals surface area contributed by atoms with Crippen molar-refractivity contribution in [2.24, 2.45) is 0 Å². The Balaban J connectivity index is 1.49. The third-order valence-electron chi connectivity index (χ3n) is 9.94. The lowest BCUT2D eigenvalue weighted by molar-refractivity contribution is 0.172. The molecule has 2 aliphatic rings. The predicted molar refractivity (Wildman–Crippen MR) is 204 cm³/mol. The number of piperidine rings is 1. The molecule has 50 heavy (non-hydrogen) atoms. The summed E-state index contributed by atoms with van der Waals surface area (Å²) in [6.45, 7) is 29.1. The average Bonchev–Trinajstić information content (AvgIpc) is 3.11. The number of nitrogens with zero attached hydrogens (tertiary/aromatic N) is 2. The third-order valence-corrected chi connectivity index (χ3v) is 9.94. The summed E-state index contributed by atoms with van der Waals surface area (Å²) >= 11 is 0. The van der Waals surface area contributed by atoms with Crippen LogP contribution < -0.4 is 10.6 Å². The summed E-state index contributed by atoms with van der Waals surface area (Å²) in [7, 11) is 1.72. The molecule has 2 aliphatic heterocycles. The van der Waals surface area contributed by atoms with E-state index in [-0.39, 0.29) is 5.41 Å². The quantitative estimate of drug-likeness (QED) is 0.105. The van der Waals surface area contributed by atoms with Crippen LogP contribution in [0.15, 0.2) is 132 Å². The van der Waals surface area contributed by atoms with Gasteiger partial charge in [0.05, 0.1) is 13.2 Å². The fourth-order valence-electron chi connectivity index (χ4n) is 7.40. The number of ether oxygens (including phenoxy) is 1. The number of hydrogen-bond acceptors (Lipinski definition) is 5. The Labute approximate surface area is 299 Å². The van der Waals surface area contributed by atoms with Crippen molar-refractivity contribution in [3.05, 3.63) is 155 Å². The van der Waals surface area contributed by atoms with Gasteiger partial charge in [0.25, 0.3) is 0 Å². The van der Waals surface area contributed by atoms with Gasteiger partial charge in [-0.15, -0.1) is 0 Å². The maximum atomic E-state index is 14.6. The van der Waals surface area contributed by atoms with E-state index >= 15 is 0 Å². The van der Waals surface area contributed by atoms with Crippen molar-refractivity contribution in [1.29, 1.82) is 0 Å². The molecular weight excluding hydrogens is 626 g/mol. The van der Waals surface area contributed by atoms with Gasteiger partial charge in [0.2, 0.25) is 0 Å². The number of likely N-dealkylation sites (tertiary alicyclic amines) is 1. The van der Waals surface area contributed by atoms with Crippen molar-refractivity contribution < 1.29 is 13.5 Å². The van der Waals surface area contributed by atoms with E-state index in [1.54, 1.807) is 13.2 Å². The van der Waals surface area contributed by atoms with Gasteiger partial charge in [-0.3, -0.25) is 0 Å². The van der Waals surface area contributed by atoms with Crippen LogP contribution in [0.3, 0.4) is 0 Å². The van der Waals surface area contributed by atoms with E-state index in [2.05, 4.69) is 106 Å². The van der Waals surface area contributed by atoms with Crippen LogP contribution in [0.1, 0.15) is 83.4 Å². The Morgan fingerprint density at radius 2 is 1.76 bits per heavy atom. The van der Waals surface area contributed by atoms with Crippen LogP contribution in [0.4, 0.5) is 8.78 Å². The number of rotatable bonds is 16. The maximum Gasteiger partial charge on any atom is 0.159 e. The minimum absolute atomic E-state index is 0.179. The predicted octanol–water partition coefficient (Wildman–Crippen LogP) is 9.94. The molecule has 0 amide bonds. The van der Waals surface area contributed by atoms with Crippen molar-refractivity contribution in [3.63, 3.8) is 0 Å². The van der Waals surface area contributed by atoms with Crippen LogP contribution >= 0.6 is 0 Å². The lowest BCUT2D eigenvalue weighted by atomic mass is 9.66. The molecule has 1 unspecified atom stereocenters. The van der Waals surface area contributed by atoms with Gasteiger partial charge in [0, 0.05) is 28.8 Å². The van der Waals surface area contributed by atoms with Crippen LogP contribution in [0.25, 0.3) is 0 Å². The summed E-state index contributed by atoms with van der Waals surface area (Å²) in [5, 5.41) is 7.02. The monoisotopic (exact) mass is 682 g/mol. The van der Waals surface area contributed by atoms with E-state index in [4.69, 9.17) is 4.74 Å². The minimum atomic E-state index is -0.882. The summed E-state index contributed by atoms with van der Waals surface area (Å²) in [6.07, 6.45) is 9.33. The lowest BCUT2D eigenvalue weighted by Gasteiger charge is -2.44. The molecule has 0 aliphatic carbocycles. The van der Waals surface area contributed by atoms with Crippen molar-refractivity contribution >= 4 is 0 Å².